The summed E-state index contributed by atoms with van der Waals surface area (Å²) < 4.78 is 0. The van der Waals surface area contributed by atoms with Crippen LogP contribution in [0.5, 0.6) is 0 Å². The van der Waals surface area contributed by atoms with Crippen LogP contribution < -0.4 is 0 Å². The van der Waals surface area contributed by atoms with Gasteiger partial charge in [0.25, 0.3) is 0 Å². The highest BCUT2D eigenvalue weighted by molar-refractivity contribution is 6.25. The summed E-state index contributed by atoms with van der Waals surface area (Å²) in [5, 5.41) is 8.17. The second kappa shape index (κ2) is 12.3. The van der Waals surface area contributed by atoms with E-state index in [1.54, 1.807) is 24.8 Å². The molecule has 0 radical (unpaired) electrons. The van der Waals surface area contributed by atoms with Gasteiger partial charge in [0.1, 0.15) is 0 Å². The highest BCUT2D eigenvalue weighted by Crippen LogP contribution is 2.42. The molecule has 10 aromatic rings. The Balaban J connectivity index is 1.21. The van der Waals surface area contributed by atoms with E-state index in [1.165, 1.54) is 21.5 Å². The second-order valence-corrected chi connectivity index (χ2v) is 12.8. The quantitative estimate of drug-likeness (QED) is 0.170. The third kappa shape index (κ3) is 5.13. The third-order valence-corrected chi connectivity index (χ3v) is 9.63. The molecule has 0 aliphatic heterocycles. The molecule has 0 saturated heterocycles. The van der Waals surface area contributed by atoms with E-state index in [2.05, 4.69) is 131 Å². The number of nitrogens with zero attached hydrogens (tertiary/aromatic N) is 6. The summed E-state index contributed by atoms with van der Waals surface area (Å²) >= 11 is 0. The van der Waals surface area contributed by atoms with Gasteiger partial charge in [0.15, 0.2) is 17.5 Å². The Morgan fingerprint density at radius 3 is 1.69 bits per heavy atom. The van der Waals surface area contributed by atoms with Gasteiger partial charge in [0.2, 0.25) is 0 Å². The van der Waals surface area contributed by atoms with Gasteiger partial charge in [-0.2, -0.15) is 0 Å². The van der Waals surface area contributed by atoms with E-state index in [0.717, 1.165) is 60.8 Å². The maximum atomic E-state index is 5.33. The lowest BCUT2D eigenvalue weighted by Gasteiger charge is -2.17. The van der Waals surface area contributed by atoms with Crippen LogP contribution in [0.4, 0.5) is 0 Å². The zero-order valence-corrected chi connectivity index (χ0v) is 27.8. The van der Waals surface area contributed by atoms with Crippen molar-refractivity contribution >= 4 is 43.2 Å². The number of rotatable bonds is 5. The fourth-order valence-corrected chi connectivity index (χ4v) is 7.19. The Kier molecular flexibility index (Phi) is 7.03. The normalized spacial score (nSPS) is 11.5. The predicted molar refractivity (Wildman–Crippen MR) is 210 cm³/mol. The minimum atomic E-state index is 0.552. The van der Waals surface area contributed by atoms with Crippen LogP contribution >= 0.6 is 0 Å². The number of fused-ring (bicyclic) bond motifs is 6. The van der Waals surface area contributed by atoms with E-state index in [4.69, 9.17) is 19.9 Å². The molecule has 0 aliphatic rings. The summed E-state index contributed by atoms with van der Waals surface area (Å²) in [6, 6.07) is 50.7. The maximum absolute atomic E-state index is 5.33. The van der Waals surface area contributed by atoms with Crippen LogP contribution in [0, 0.1) is 0 Å². The van der Waals surface area contributed by atoms with Gasteiger partial charge in [-0.25, -0.2) is 19.9 Å². The van der Waals surface area contributed by atoms with E-state index >= 15 is 0 Å². The molecule has 4 heterocycles. The third-order valence-electron chi connectivity index (χ3n) is 9.63. The summed E-state index contributed by atoms with van der Waals surface area (Å²) in [7, 11) is 0. The van der Waals surface area contributed by atoms with Crippen molar-refractivity contribution in [2.75, 3.05) is 0 Å². The molecular weight excluding hydrogens is 637 g/mol. The maximum Gasteiger partial charge on any atom is 0.165 e. The SMILES string of the molecule is c1cncc(-c2nc(-c3cccnc3)nc(-c3cccc(-c4cc5c(-c6ccc7ccccc7c6)nc6ccccc6c5c5ccccc45)c3)n2)c1. The highest BCUT2D eigenvalue weighted by Gasteiger charge is 2.18. The average molecular weight is 665 g/mol. The van der Waals surface area contributed by atoms with Gasteiger partial charge >= 0.3 is 0 Å². The van der Waals surface area contributed by atoms with Crippen molar-refractivity contribution in [2.45, 2.75) is 0 Å². The van der Waals surface area contributed by atoms with Gasteiger partial charge in [0, 0.05) is 63.2 Å². The number of hydrogen-bond acceptors (Lipinski definition) is 6. The van der Waals surface area contributed by atoms with Crippen molar-refractivity contribution < 1.29 is 0 Å². The molecule has 0 aliphatic carbocycles. The molecule has 52 heavy (non-hydrogen) atoms. The molecule has 10 rings (SSSR count). The Labute approximate surface area is 299 Å². The number of pyridine rings is 3. The summed E-state index contributed by atoms with van der Waals surface area (Å²) in [6.07, 6.45) is 7.03. The van der Waals surface area contributed by atoms with Gasteiger partial charge in [-0.05, 0) is 81.2 Å². The van der Waals surface area contributed by atoms with Gasteiger partial charge in [-0.15, -0.1) is 0 Å². The topological polar surface area (TPSA) is 77.3 Å². The van der Waals surface area contributed by atoms with Crippen molar-refractivity contribution in [1.82, 2.24) is 29.9 Å². The molecule has 0 atom stereocenters. The Bertz CT molecular complexity index is 2900. The standard InChI is InChI=1S/C46H28N6/c1-2-11-30-24-32(21-20-29(30)10-1)43-40-26-39(36-16-3-4-17-37(36)42(40)38-18-5-6-19-41(38)49-43)31-12-7-13-33(25-31)44-50-45(34-14-8-22-47-27-34)52-46(51-44)35-15-9-23-48-28-35/h1-28H. The molecule has 6 heteroatoms. The van der Waals surface area contributed by atoms with Crippen LogP contribution in [0.2, 0.25) is 0 Å². The van der Waals surface area contributed by atoms with Crippen LogP contribution in [-0.4, -0.2) is 29.9 Å². The van der Waals surface area contributed by atoms with Crippen LogP contribution in [0.25, 0.3) is 99.8 Å². The number of aromatic nitrogens is 6. The van der Waals surface area contributed by atoms with Crippen molar-refractivity contribution in [2.24, 2.45) is 0 Å². The zero-order chi connectivity index (χ0) is 34.4. The summed E-state index contributed by atoms with van der Waals surface area (Å²) in [5.41, 5.74) is 7.69. The Morgan fingerprint density at radius 2 is 0.962 bits per heavy atom. The lowest BCUT2D eigenvalue weighted by atomic mass is 9.89. The van der Waals surface area contributed by atoms with Gasteiger partial charge in [0.05, 0.1) is 11.2 Å². The molecule has 6 nitrogen and oxygen atoms in total. The van der Waals surface area contributed by atoms with Crippen molar-refractivity contribution in [3.05, 3.63) is 170 Å². The second-order valence-electron chi connectivity index (χ2n) is 12.8. The van der Waals surface area contributed by atoms with E-state index in [1.807, 2.05) is 24.3 Å². The fourth-order valence-electron chi connectivity index (χ4n) is 7.19. The number of para-hydroxylation sites is 1. The molecule has 0 unspecified atom stereocenters. The van der Waals surface area contributed by atoms with Gasteiger partial charge in [-0.1, -0.05) is 97.1 Å². The van der Waals surface area contributed by atoms with Crippen molar-refractivity contribution in [1.29, 1.82) is 0 Å². The first kappa shape index (κ1) is 29.7. The molecule has 0 fully saturated rings. The van der Waals surface area contributed by atoms with Gasteiger partial charge in [-0.3, -0.25) is 9.97 Å². The van der Waals surface area contributed by atoms with Crippen LogP contribution in [0.15, 0.2) is 170 Å². The molecule has 4 aromatic heterocycles. The van der Waals surface area contributed by atoms with Crippen LogP contribution in [0.1, 0.15) is 0 Å². The first-order valence-electron chi connectivity index (χ1n) is 17.2. The zero-order valence-electron chi connectivity index (χ0n) is 27.8. The molecule has 0 amide bonds. The van der Waals surface area contributed by atoms with Gasteiger partial charge < -0.3 is 0 Å². The largest absolute Gasteiger partial charge is 0.264 e. The molecule has 0 bridgehead atoms. The minimum Gasteiger partial charge on any atom is -0.264 e. The predicted octanol–water partition coefficient (Wildman–Crippen LogP) is 11.0. The summed E-state index contributed by atoms with van der Waals surface area (Å²) in [6.45, 7) is 0. The molecular formula is C46H28N6. The van der Waals surface area contributed by atoms with Crippen molar-refractivity contribution in [3.8, 4) is 56.5 Å². The molecule has 0 saturated carbocycles. The lowest BCUT2D eigenvalue weighted by Crippen LogP contribution is -2.00. The molecule has 0 spiro atoms. The number of benzene rings is 6. The highest BCUT2D eigenvalue weighted by atomic mass is 15.0. The molecule has 6 aromatic carbocycles. The smallest absolute Gasteiger partial charge is 0.165 e. The van der Waals surface area contributed by atoms with E-state index < -0.39 is 0 Å². The first-order chi connectivity index (χ1) is 25.8. The Morgan fingerprint density at radius 1 is 0.346 bits per heavy atom. The van der Waals surface area contributed by atoms with E-state index in [9.17, 15) is 0 Å². The summed E-state index contributed by atoms with van der Waals surface area (Å²) in [4.78, 5) is 28.7. The van der Waals surface area contributed by atoms with Crippen molar-refractivity contribution in [3.63, 3.8) is 0 Å². The van der Waals surface area contributed by atoms with E-state index in [0.29, 0.717) is 17.5 Å². The minimum absolute atomic E-state index is 0.552. The van der Waals surface area contributed by atoms with E-state index in [-0.39, 0.29) is 0 Å². The molecule has 0 N–H and O–H groups in total. The Hall–Kier alpha value is -7.18. The van der Waals surface area contributed by atoms with Crippen LogP contribution in [-0.2, 0) is 0 Å². The summed E-state index contributed by atoms with van der Waals surface area (Å²) in [5.74, 6) is 1.68. The van der Waals surface area contributed by atoms with Crippen LogP contribution in [0.3, 0.4) is 0 Å². The average Bonchev–Trinajstić information content (AvgIpc) is 3.23. The fraction of sp³-hybridized carbons (Fsp3) is 0. The molecule has 242 valence electrons. The lowest BCUT2D eigenvalue weighted by molar-refractivity contribution is 1.07. The monoisotopic (exact) mass is 664 g/mol. The number of hydrogen-bond donors (Lipinski definition) is 0. The first-order valence-corrected chi connectivity index (χ1v) is 17.2.